The predicted molar refractivity (Wildman–Crippen MR) is 110 cm³/mol. The Labute approximate surface area is 162 Å². The SMILES string of the molecule is CN=C(NCC1CCCO1)NCC(C)(C)c1ccc(OC)cc1.I. The van der Waals surface area contributed by atoms with E-state index in [9.17, 15) is 0 Å². The number of rotatable bonds is 6. The molecule has 1 atom stereocenters. The summed E-state index contributed by atoms with van der Waals surface area (Å²) in [6, 6.07) is 8.23. The fourth-order valence-corrected chi connectivity index (χ4v) is 2.69. The Morgan fingerprint density at radius 2 is 2.00 bits per heavy atom. The van der Waals surface area contributed by atoms with Gasteiger partial charge in [0, 0.05) is 32.2 Å². The lowest BCUT2D eigenvalue weighted by Gasteiger charge is -2.27. The summed E-state index contributed by atoms with van der Waals surface area (Å²) in [5.74, 6) is 1.70. The standard InChI is InChI=1S/C18H29N3O2.HI/c1-18(2,14-7-9-15(22-4)10-8-14)13-21-17(19-3)20-12-16-6-5-11-23-16;/h7-10,16H,5-6,11-13H2,1-4H3,(H2,19,20,21);1H. The van der Waals surface area contributed by atoms with Gasteiger partial charge >= 0.3 is 0 Å². The molecule has 1 fully saturated rings. The van der Waals surface area contributed by atoms with Crippen LogP contribution < -0.4 is 15.4 Å². The van der Waals surface area contributed by atoms with Gasteiger partial charge in [-0.2, -0.15) is 0 Å². The molecular formula is C18H30IN3O2. The zero-order valence-electron chi connectivity index (χ0n) is 15.1. The van der Waals surface area contributed by atoms with Gasteiger partial charge in [0.05, 0.1) is 13.2 Å². The molecule has 1 aromatic carbocycles. The van der Waals surface area contributed by atoms with Crippen molar-refractivity contribution in [2.45, 2.75) is 38.2 Å². The van der Waals surface area contributed by atoms with E-state index in [1.54, 1.807) is 14.2 Å². The number of nitrogens with one attached hydrogen (secondary N) is 2. The number of guanidine groups is 1. The van der Waals surface area contributed by atoms with Crippen molar-refractivity contribution in [3.8, 4) is 5.75 Å². The lowest BCUT2D eigenvalue weighted by Crippen LogP contribution is -2.45. The minimum Gasteiger partial charge on any atom is -0.497 e. The molecule has 0 saturated carbocycles. The van der Waals surface area contributed by atoms with Crippen molar-refractivity contribution in [1.82, 2.24) is 10.6 Å². The Bertz CT molecular complexity index is 512. The molecule has 2 rings (SSSR count). The Morgan fingerprint density at radius 1 is 1.29 bits per heavy atom. The van der Waals surface area contributed by atoms with Gasteiger partial charge in [0.2, 0.25) is 0 Å². The first-order valence-corrected chi connectivity index (χ1v) is 8.26. The van der Waals surface area contributed by atoms with E-state index in [1.165, 1.54) is 5.56 Å². The van der Waals surface area contributed by atoms with Crippen molar-refractivity contribution in [1.29, 1.82) is 0 Å². The van der Waals surface area contributed by atoms with Crippen LogP contribution in [0.3, 0.4) is 0 Å². The molecule has 1 unspecified atom stereocenters. The minimum atomic E-state index is -0.00620. The van der Waals surface area contributed by atoms with Crippen LogP contribution in [0.15, 0.2) is 29.3 Å². The maximum absolute atomic E-state index is 5.63. The molecule has 2 N–H and O–H groups in total. The minimum absolute atomic E-state index is 0. The predicted octanol–water partition coefficient (Wildman–Crippen LogP) is 2.93. The lowest BCUT2D eigenvalue weighted by atomic mass is 9.84. The van der Waals surface area contributed by atoms with Crippen LogP contribution in [0, 0.1) is 0 Å². The highest BCUT2D eigenvalue weighted by Gasteiger charge is 2.21. The average Bonchev–Trinajstić information content (AvgIpc) is 3.08. The third-order valence-electron chi connectivity index (χ3n) is 4.31. The highest BCUT2D eigenvalue weighted by atomic mass is 127. The van der Waals surface area contributed by atoms with Crippen molar-refractivity contribution in [2.75, 3.05) is 33.9 Å². The van der Waals surface area contributed by atoms with Crippen molar-refractivity contribution >= 4 is 29.9 Å². The van der Waals surface area contributed by atoms with Gasteiger partial charge in [0.25, 0.3) is 0 Å². The molecule has 1 aliphatic rings. The number of halogens is 1. The number of benzene rings is 1. The average molecular weight is 447 g/mol. The second-order valence-corrected chi connectivity index (χ2v) is 6.55. The van der Waals surface area contributed by atoms with E-state index in [0.717, 1.165) is 44.2 Å². The molecular weight excluding hydrogens is 417 g/mol. The van der Waals surface area contributed by atoms with E-state index in [1.807, 2.05) is 12.1 Å². The normalized spacial score (nSPS) is 18.0. The Kier molecular flexibility index (Phi) is 8.83. The third kappa shape index (κ3) is 6.12. The van der Waals surface area contributed by atoms with Crippen LogP contribution >= 0.6 is 24.0 Å². The molecule has 1 aliphatic heterocycles. The number of methoxy groups -OCH3 is 1. The first-order chi connectivity index (χ1) is 11.0. The fraction of sp³-hybridized carbons (Fsp3) is 0.611. The number of ether oxygens (including phenoxy) is 2. The topological polar surface area (TPSA) is 54.9 Å². The number of hydrogen-bond acceptors (Lipinski definition) is 3. The van der Waals surface area contributed by atoms with Crippen LogP contribution in [0.25, 0.3) is 0 Å². The molecule has 0 aromatic heterocycles. The van der Waals surface area contributed by atoms with Gasteiger partial charge in [-0.15, -0.1) is 24.0 Å². The van der Waals surface area contributed by atoms with Crippen LogP contribution in [0.1, 0.15) is 32.3 Å². The zero-order valence-corrected chi connectivity index (χ0v) is 17.4. The highest BCUT2D eigenvalue weighted by molar-refractivity contribution is 14.0. The molecule has 1 heterocycles. The third-order valence-corrected chi connectivity index (χ3v) is 4.31. The quantitative estimate of drug-likeness (QED) is 0.400. The van der Waals surface area contributed by atoms with Crippen molar-refractivity contribution in [3.05, 3.63) is 29.8 Å². The second kappa shape index (κ2) is 10.1. The van der Waals surface area contributed by atoms with Gasteiger partial charge in [-0.25, -0.2) is 0 Å². The number of aliphatic imine (C=N–C) groups is 1. The summed E-state index contributed by atoms with van der Waals surface area (Å²) in [4.78, 5) is 4.29. The maximum Gasteiger partial charge on any atom is 0.191 e. The van der Waals surface area contributed by atoms with E-state index in [4.69, 9.17) is 9.47 Å². The van der Waals surface area contributed by atoms with Crippen LogP contribution in [0.4, 0.5) is 0 Å². The highest BCUT2D eigenvalue weighted by Crippen LogP contribution is 2.24. The first-order valence-electron chi connectivity index (χ1n) is 8.26. The van der Waals surface area contributed by atoms with Crippen LogP contribution in [-0.2, 0) is 10.2 Å². The second-order valence-electron chi connectivity index (χ2n) is 6.55. The molecule has 1 aromatic rings. The van der Waals surface area contributed by atoms with Crippen molar-refractivity contribution in [3.63, 3.8) is 0 Å². The maximum atomic E-state index is 5.63. The van der Waals surface area contributed by atoms with Crippen LogP contribution in [-0.4, -0.2) is 45.9 Å². The Hall–Kier alpha value is -1.02. The van der Waals surface area contributed by atoms with Gasteiger partial charge in [-0.1, -0.05) is 26.0 Å². The summed E-state index contributed by atoms with van der Waals surface area (Å²) >= 11 is 0. The van der Waals surface area contributed by atoms with Crippen molar-refractivity contribution < 1.29 is 9.47 Å². The smallest absolute Gasteiger partial charge is 0.191 e. The van der Waals surface area contributed by atoms with Gasteiger partial charge in [0.1, 0.15) is 5.75 Å². The van der Waals surface area contributed by atoms with E-state index in [2.05, 4.69) is 41.6 Å². The van der Waals surface area contributed by atoms with Gasteiger partial charge in [-0.05, 0) is 30.5 Å². The Balaban J connectivity index is 0.00000288. The molecule has 0 amide bonds. The lowest BCUT2D eigenvalue weighted by molar-refractivity contribution is 0.114. The summed E-state index contributed by atoms with van der Waals surface area (Å²) in [5, 5.41) is 6.76. The van der Waals surface area contributed by atoms with Crippen molar-refractivity contribution in [2.24, 2.45) is 4.99 Å². The largest absolute Gasteiger partial charge is 0.497 e. The summed E-state index contributed by atoms with van der Waals surface area (Å²) in [7, 11) is 3.48. The van der Waals surface area contributed by atoms with Crippen LogP contribution in [0.2, 0.25) is 0 Å². The van der Waals surface area contributed by atoms with Gasteiger partial charge in [-0.3, -0.25) is 4.99 Å². The molecule has 5 nitrogen and oxygen atoms in total. The monoisotopic (exact) mass is 447 g/mol. The molecule has 6 heteroatoms. The molecule has 0 aliphatic carbocycles. The number of hydrogen-bond donors (Lipinski definition) is 2. The summed E-state index contributed by atoms with van der Waals surface area (Å²) in [5.41, 5.74) is 1.26. The molecule has 0 spiro atoms. The van der Waals surface area contributed by atoms with E-state index in [0.29, 0.717) is 6.10 Å². The Morgan fingerprint density at radius 3 is 2.54 bits per heavy atom. The first kappa shape index (κ1) is 21.0. The molecule has 136 valence electrons. The molecule has 1 saturated heterocycles. The van der Waals surface area contributed by atoms with E-state index < -0.39 is 0 Å². The zero-order chi connectivity index (χ0) is 16.7. The summed E-state index contributed by atoms with van der Waals surface area (Å²) in [6.07, 6.45) is 2.59. The number of nitrogens with zero attached hydrogens (tertiary/aromatic N) is 1. The van der Waals surface area contributed by atoms with E-state index in [-0.39, 0.29) is 29.4 Å². The summed E-state index contributed by atoms with van der Waals surface area (Å²) < 4.78 is 10.8. The van der Waals surface area contributed by atoms with Gasteiger partial charge in [0.15, 0.2) is 5.96 Å². The van der Waals surface area contributed by atoms with Gasteiger partial charge < -0.3 is 20.1 Å². The van der Waals surface area contributed by atoms with Crippen LogP contribution in [0.5, 0.6) is 5.75 Å². The molecule has 24 heavy (non-hydrogen) atoms. The fourth-order valence-electron chi connectivity index (χ4n) is 2.69. The molecule has 0 bridgehead atoms. The summed E-state index contributed by atoms with van der Waals surface area (Å²) in [6.45, 7) is 6.92. The van der Waals surface area contributed by atoms with E-state index >= 15 is 0 Å². The molecule has 0 radical (unpaired) electrons.